The molecule has 0 bridgehead atoms. The molecule has 4 heteroatoms. The Bertz CT molecular complexity index is 624. The number of hydrogen-bond donors (Lipinski definition) is 1. The Labute approximate surface area is 104 Å². The van der Waals surface area contributed by atoms with E-state index in [1.54, 1.807) is 11.3 Å². The van der Waals surface area contributed by atoms with Gasteiger partial charge in [-0.3, -0.25) is 4.79 Å². The van der Waals surface area contributed by atoms with Crippen molar-refractivity contribution >= 4 is 21.6 Å². The smallest absolute Gasteiger partial charge is 0.259 e. The molecule has 2 aromatic heterocycles. The van der Waals surface area contributed by atoms with Crippen LogP contribution in [0.4, 0.5) is 0 Å². The Hall–Kier alpha value is -1.16. The molecule has 1 aliphatic rings. The summed E-state index contributed by atoms with van der Waals surface area (Å²) in [5.74, 6) is 1.08. The SMILES string of the molecule is CC(C)c1nc2sc3c(c2c(=O)[nH]1)CCCC3. The number of H-pyrrole nitrogens is 1. The van der Waals surface area contributed by atoms with E-state index in [0.717, 1.165) is 28.9 Å². The molecule has 0 aromatic carbocycles. The molecule has 0 radical (unpaired) electrons. The van der Waals surface area contributed by atoms with Crippen molar-refractivity contribution in [1.29, 1.82) is 0 Å². The molecular formula is C13H16N2OS. The van der Waals surface area contributed by atoms with Gasteiger partial charge in [-0.05, 0) is 31.2 Å². The van der Waals surface area contributed by atoms with E-state index in [1.807, 2.05) is 0 Å². The highest BCUT2D eigenvalue weighted by atomic mass is 32.1. The fraction of sp³-hybridized carbons (Fsp3) is 0.538. The van der Waals surface area contributed by atoms with E-state index in [1.165, 1.54) is 23.3 Å². The van der Waals surface area contributed by atoms with Crippen LogP contribution in [0.3, 0.4) is 0 Å². The number of nitrogens with one attached hydrogen (secondary N) is 1. The topological polar surface area (TPSA) is 45.8 Å². The Morgan fingerprint density at radius 3 is 2.82 bits per heavy atom. The van der Waals surface area contributed by atoms with Crippen LogP contribution in [-0.2, 0) is 12.8 Å². The maximum Gasteiger partial charge on any atom is 0.259 e. The molecule has 3 nitrogen and oxygen atoms in total. The van der Waals surface area contributed by atoms with Crippen LogP contribution < -0.4 is 5.56 Å². The molecule has 0 atom stereocenters. The van der Waals surface area contributed by atoms with Crippen LogP contribution in [0.25, 0.3) is 10.2 Å². The Balaban J connectivity index is 2.31. The average Bonchev–Trinajstić information content (AvgIpc) is 2.67. The van der Waals surface area contributed by atoms with E-state index in [0.29, 0.717) is 0 Å². The molecule has 1 aliphatic carbocycles. The van der Waals surface area contributed by atoms with Gasteiger partial charge >= 0.3 is 0 Å². The van der Waals surface area contributed by atoms with Gasteiger partial charge in [-0.2, -0.15) is 0 Å². The molecule has 2 heterocycles. The second-order valence-electron chi connectivity index (χ2n) is 5.00. The third-order valence-electron chi connectivity index (χ3n) is 3.39. The predicted octanol–water partition coefficient (Wildman–Crippen LogP) is 2.99. The van der Waals surface area contributed by atoms with Crippen molar-refractivity contribution in [3.8, 4) is 0 Å². The molecule has 0 aliphatic heterocycles. The van der Waals surface area contributed by atoms with Crippen molar-refractivity contribution in [3.05, 3.63) is 26.6 Å². The quantitative estimate of drug-likeness (QED) is 0.843. The van der Waals surface area contributed by atoms with Crippen molar-refractivity contribution in [2.75, 3.05) is 0 Å². The van der Waals surface area contributed by atoms with Gasteiger partial charge in [0, 0.05) is 10.8 Å². The molecule has 0 amide bonds. The second kappa shape index (κ2) is 3.95. The maximum atomic E-state index is 12.1. The number of nitrogens with zero attached hydrogens (tertiary/aromatic N) is 1. The standard InChI is InChI=1S/C13H16N2OS/c1-7(2)11-14-12(16)10-8-5-3-4-6-9(8)17-13(10)15-11/h7H,3-6H2,1-2H3,(H,14,15,16). The highest BCUT2D eigenvalue weighted by Crippen LogP contribution is 2.33. The molecule has 0 unspecified atom stereocenters. The molecule has 2 aromatic rings. The summed E-state index contributed by atoms with van der Waals surface area (Å²) >= 11 is 1.71. The number of fused-ring (bicyclic) bond motifs is 3. The minimum atomic E-state index is 0.0538. The number of aromatic nitrogens is 2. The van der Waals surface area contributed by atoms with Gasteiger partial charge in [0.1, 0.15) is 10.7 Å². The summed E-state index contributed by atoms with van der Waals surface area (Å²) in [6, 6.07) is 0. The van der Waals surface area contributed by atoms with Crippen LogP contribution in [0.1, 0.15) is 48.9 Å². The van der Waals surface area contributed by atoms with Crippen LogP contribution in [0, 0.1) is 0 Å². The van der Waals surface area contributed by atoms with Crippen molar-refractivity contribution in [2.45, 2.75) is 45.4 Å². The van der Waals surface area contributed by atoms with Gasteiger partial charge < -0.3 is 4.98 Å². The van der Waals surface area contributed by atoms with Gasteiger partial charge in [-0.25, -0.2) is 4.98 Å². The number of hydrogen-bond acceptors (Lipinski definition) is 3. The summed E-state index contributed by atoms with van der Waals surface area (Å²) in [4.78, 5) is 22.0. The van der Waals surface area contributed by atoms with E-state index in [9.17, 15) is 4.79 Å². The van der Waals surface area contributed by atoms with Crippen LogP contribution in [0.5, 0.6) is 0 Å². The summed E-state index contributed by atoms with van der Waals surface area (Å²) in [5.41, 5.74) is 1.32. The van der Waals surface area contributed by atoms with E-state index in [-0.39, 0.29) is 11.5 Å². The first-order chi connectivity index (χ1) is 8.16. The van der Waals surface area contributed by atoms with E-state index >= 15 is 0 Å². The van der Waals surface area contributed by atoms with Crippen molar-refractivity contribution in [1.82, 2.24) is 9.97 Å². The zero-order valence-corrected chi connectivity index (χ0v) is 11.0. The van der Waals surface area contributed by atoms with E-state index < -0.39 is 0 Å². The highest BCUT2D eigenvalue weighted by Gasteiger charge is 2.19. The summed E-state index contributed by atoms with van der Waals surface area (Å²) in [6.07, 6.45) is 4.60. The van der Waals surface area contributed by atoms with Crippen molar-refractivity contribution < 1.29 is 0 Å². The fourth-order valence-electron chi connectivity index (χ4n) is 2.45. The molecule has 0 fully saturated rings. The molecule has 0 saturated heterocycles. The first-order valence-corrected chi connectivity index (χ1v) is 7.03. The lowest BCUT2D eigenvalue weighted by atomic mass is 9.97. The van der Waals surface area contributed by atoms with E-state index in [4.69, 9.17) is 0 Å². The van der Waals surface area contributed by atoms with Crippen LogP contribution in [-0.4, -0.2) is 9.97 Å². The van der Waals surface area contributed by atoms with Gasteiger partial charge in [0.25, 0.3) is 5.56 Å². The van der Waals surface area contributed by atoms with Crippen molar-refractivity contribution in [2.24, 2.45) is 0 Å². The van der Waals surface area contributed by atoms with Gasteiger partial charge in [0.2, 0.25) is 0 Å². The molecule has 1 N–H and O–H groups in total. The van der Waals surface area contributed by atoms with Crippen LogP contribution >= 0.6 is 11.3 Å². The average molecular weight is 248 g/mol. The first-order valence-electron chi connectivity index (χ1n) is 6.21. The van der Waals surface area contributed by atoms with Crippen molar-refractivity contribution in [3.63, 3.8) is 0 Å². The molecule has 90 valence electrons. The zero-order chi connectivity index (χ0) is 12.0. The largest absolute Gasteiger partial charge is 0.310 e. The van der Waals surface area contributed by atoms with Gasteiger partial charge in [-0.15, -0.1) is 11.3 Å². The highest BCUT2D eigenvalue weighted by molar-refractivity contribution is 7.18. The van der Waals surface area contributed by atoms with Gasteiger partial charge in [0.05, 0.1) is 5.39 Å². The number of rotatable bonds is 1. The van der Waals surface area contributed by atoms with E-state index in [2.05, 4.69) is 23.8 Å². The molecule has 3 rings (SSSR count). The Morgan fingerprint density at radius 2 is 2.06 bits per heavy atom. The third kappa shape index (κ3) is 1.71. The zero-order valence-electron chi connectivity index (χ0n) is 10.2. The normalized spacial score (nSPS) is 15.5. The molecule has 0 saturated carbocycles. The van der Waals surface area contributed by atoms with Gasteiger partial charge in [0.15, 0.2) is 0 Å². The minimum Gasteiger partial charge on any atom is -0.310 e. The molecule has 17 heavy (non-hydrogen) atoms. The lowest BCUT2D eigenvalue weighted by molar-refractivity contribution is 0.699. The lowest BCUT2D eigenvalue weighted by Crippen LogP contribution is -2.13. The second-order valence-corrected chi connectivity index (χ2v) is 6.08. The Morgan fingerprint density at radius 1 is 1.29 bits per heavy atom. The van der Waals surface area contributed by atoms with Gasteiger partial charge in [-0.1, -0.05) is 13.8 Å². The lowest BCUT2D eigenvalue weighted by Gasteiger charge is -2.09. The number of aromatic amines is 1. The maximum absolute atomic E-state index is 12.1. The summed E-state index contributed by atoms with van der Waals surface area (Å²) < 4.78 is 0. The Kier molecular flexibility index (Phi) is 2.54. The molecule has 0 spiro atoms. The monoisotopic (exact) mass is 248 g/mol. The molecular weight excluding hydrogens is 232 g/mol. The van der Waals surface area contributed by atoms with Crippen LogP contribution in [0.2, 0.25) is 0 Å². The first kappa shape index (κ1) is 11.0. The minimum absolute atomic E-state index is 0.0538. The fourth-order valence-corrected chi connectivity index (χ4v) is 3.72. The summed E-state index contributed by atoms with van der Waals surface area (Å²) in [6.45, 7) is 4.11. The summed E-state index contributed by atoms with van der Waals surface area (Å²) in [5, 5.41) is 0.856. The number of aryl methyl sites for hydroxylation is 2. The number of thiophene rings is 1. The third-order valence-corrected chi connectivity index (χ3v) is 4.58. The summed E-state index contributed by atoms with van der Waals surface area (Å²) in [7, 11) is 0. The predicted molar refractivity (Wildman–Crippen MR) is 71.0 cm³/mol. The van der Waals surface area contributed by atoms with Crippen LogP contribution in [0.15, 0.2) is 4.79 Å².